The topological polar surface area (TPSA) is 83.5 Å². The number of aromatic nitrogens is 1. The van der Waals surface area contributed by atoms with Crippen LogP contribution in [0.25, 0.3) is 10.9 Å². The van der Waals surface area contributed by atoms with Crippen LogP contribution in [0.2, 0.25) is 5.15 Å². The fraction of sp³-hybridized carbons (Fsp3) is 0.250. The molecule has 1 aliphatic carbocycles. The van der Waals surface area contributed by atoms with Gasteiger partial charge >= 0.3 is 11.8 Å². The molecule has 2 aromatic rings. The number of hydrogen-bond donors (Lipinski definition) is 2. The highest BCUT2D eigenvalue weighted by Gasteiger charge is 2.26. The summed E-state index contributed by atoms with van der Waals surface area (Å²) in [6, 6.07) is 7.80. The number of pyridine rings is 1. The summed E-state index contributed by atoms with van der Waals surface area (Å²) in [5.74, 6) is -1.48. The maximum atomic E-state index is 11.5. The van der Waals surface area contributed by atoms with E-state index in [1.165, 1.54) is 6.21 Å². The smallest absolute Gasteiger partial charge is 0.329 e. The van der Waals surface area contributed by atoms with Gasteiger partial charge in [0.1, 0.15) is 5.15 Å². The number of nitrogens with one attached hydrogen (secondary N) is 2. The zero-order valence-electron chi connectivity index (χ0n) is 12.5. The lowest BCUT2D eigenvalue weighted by atomic mass is 10.1. The van der Waals surface area contributed by atoms with Crippen LogP contribution in [0.1, 0.15) is 24.0 Å². The first-order valence-electron chi connectivity index (χ1n) is 7.24. The highest BCUT2D eigenvalue weighted by molar-refractivity contribution is 6.35. The maximum Gasteiger partial charge on any atom is 0.329 e. The first-order chi connectivity index (χ1) is 11.0. The lowest BCUT2D eigenvalue weighted by molar-refractivity contribution is -0.139. The lowest BCUT2D eigenvalue weighted by Crippen LogP contribution is -2.38. The van der Waals surface area contributed by atoms with Gasteiger partial charge in [-0.1, -0.05) is 23.7 Å². The number of carbonyl (C=O) groups excluding carboxylic acids is 2. The third-order valence-corrected chi connectivity index (χ3v) is 3.75. The molecule has 23 heavy (non-hydrogen) atoms. The number of halogens is 1. The molecule has 0 atom stereocenters. The van der Waals surface area contributed by atoms with E-state index in [4.69, 9.17) is 11.6 Å². The van der Waals surface area contributed by atoms with Crippen LogP contribution in [-0.4, -0.2) is 29.1 Å². The summed E-state index contributed by atoms with van der Waals surface area (Å²) in [7, 11) is 0. The Bertz CT molecular complexity index is 815. The third kappa shape index (κ3) is 3.84. The molecule has 0 spiro atoms. The van der Waals surface area contributed by atoms with Crippen LogP contribution in [0.5, 0.6) is 0 Å². The molecule has 0 bridgehead atoms. The standard InChI is InChI=1S/C16H15ClN4O2/c1-9-2-3-10-7-11(14(17)20-13(10)6-9)8-18-21-16(23)15(22)19-12-4-5-12/h2-3,6-8,12H,4-5H2,1H3,(H,19,22)(H,21,23)/b18-8-. The number of nitrogens with zero attached hydrogens (tertiary/aromatic N) is 2. The first-order valence-corrected chi connectivity index (χ1v) is 7.61. The van der Waals surface area contributed by atoms with Crippen molar-refractivity contribution in [2.45, 2.75) is 25.8 Å². The van der Waals surface area contributed by atoms with Crippen molar-refractivity contribution in [3.05, 3.63) is 40.5 Å². The molecule has 0 unspecified atom stereocenters. The van der Waals surface area contributed by atoms with Gasteiger partial charge in [0, 0.05) is 17.0 Å². The van der Waals surface area contributed by atoms with Gasteiger partial charge in [0.2, 0.25) is 0 Å². The number of hydrazone groups is 1. The third-order valence-electron chi connectivity index (χ3n) is 3.44. The molecule has 1 aromatic carbocycles. The van der Waals surface area contributed by atoms with Crippen molar-refractivity contribution in [3.8, 4) is 0 Å². The molecular formula is C16H15ClN4O2. The van der Waals surface area contributed by atoms with Crippen molar-refractivity contribution in [2.24, 2.45) is 5.10 Å². The maximum absolute atomic E-state index is 11.5. The lowest BCUT2D eigenvalue weighted by Gasteiger charge is -2.03. The SMILES string of the molecule is Cc1ccc2cc(/C=N\NC(=O)C(=O)NC3CC3)c(Cl)nc2c1. The number of carbonyl (C=O) groups is 2. The van der Waals surface area contributed by atoms with Gasteiger partial charge in [-0.3, -0.25) is 9.59 Å². The summed E-state index contributed by atoms with van der Waals surface area (Å²) in [6.07, 6.45) is 3.21. The van der Waals surface area contributed by atoms with E-state index in [-0.39, 0.29) is 11.2 Å². The number of aryl methyl sites for hydroxylation is 1. The largest absolute Gasteiger partial charge is 0.345 e. The van der Waals surface area contributed by atoms with Crippen LogP contribution >= 0.6 is 11.6 Å². The molecule has 118 valence electrons. The molecule has 1 aliphatic rings. The first kappa shape index (κ1) is 15.4. The van der Waals surface area contributed by atoms with Gasteiger partial charge in [0.25, 0.3) is 0 Å². The van der Waals surface area contributed by atoms with Crippen LogP contribution in [0.3, 0.4) is 0 Å². The average molecular weight is 331 g/mol. The van der Waals surface area contributed by atoms with Crippen molar-refractivity contribution < 1.29 is 9.59 Å². The molecule has 0 aliphatic heterocycles. The fourth-order valence-corrected chi connectivity index (χ4v) is 2.24. The Morgan fingerprint density at radius 2 is 2.09 bits per heavy atom. The van der Waals surface area contributed by atoms with Crippen LogP contribution in [0.15, 0.2) is 29.4 Å². The van der Waals surface area contributed by atoms with Crippen molar-refractivity contribution in [3.63, 3.8) is 0 Å². The van der Waals surface area contributed by atoms with Crippen LogP contribution < -0.4 is 10.7 Å². The number of benzene rings is 1. The van der Waals surface area contributed by atoms with Crippen LogP contribution in [0.4, 0.5) is 0 Å². The molecule has 0 radical (unpaired) electrons. The second-order valence-corrected chi connectivity index (χ2v) is 5.87. The number of fused-ring (bicyclic) bond motifs is 1. The van der Waals surface area contributed by atoms with Crippen molar-refractivity contribution in [1.82, 2.24) is 15.7 Å². The van der Waals surface area contributed by atoms with E-state index >= 15 is 0 Å². The molecule has 1 heterocycles. The number of amides is 2. The molecule has 2 N–H and O–H groups in total. The average Bonchev–Trinajstić information content (AvgIpc) is 3.31. The predicted molar refractivity (Wildman–Crippen MR) is 88.4 cm³/mol. The zero-order chi connectivity index (χ0) is 16.4. The number of rotatable bonds is 3. The van der Waals surface area contributed by atoms with Crippen LogP contribution in [-0.2, 0) is 9.59 Å². The van der Waals surface area contributed by atoms with E-state index in [1.54, 1.807) is 0 Å². The Morgan fingerprint density at radius 1 is 1.30 bits per heavy atom. The van der Waals surface area contributed by atoms with E-state index < -0.39 is 11.8 Å². The summed E-state index contributed by atoms with van der Waals surface area (Å²) < 4.78 is 0. The molecular weight excluding hydrogens is 316 g/mol. The second-order valence-electron chi connectivity index (χ2n) is 5.51. The minimum atomic E-state index is -0.798. The summed E-state index contributed by atoms with van der Waals surface area (Å²) in [5.41, 5.74) is 4.63. The van der Waals surface area contributed by atoms with Gasteiger partial charge in [-0.05, 0) is 37.5 Å². The quantitative estimate of drug-likeness (QED) is 0.390. The van der Waals surface area contributed by atoms with Gasteiger partial charge in [0.05, 0.1) is 11.7 Å². The molecule has 1 saturated carbocycles. The Morgan fingerprint density at radius 3 is 2.83 bits per heavy atom. The number of hydrogen-bond acceptors (Lipinski definition) is 4. The zero-order valence-corrected chi connectivity index (χ0v) is 13.2. The van der Waals surface area contributed by atoms with E-state index in [1.807, 2.05) is 31.2 Å². The summed E-state index contributed by atoms with van der Waals surface area (Å²) in [4.78, 5) is 27.3. The fourth-order valence-electron chi connectivity index (χ4n) is 2.05. The Kier molecular flexibility index (Phi) is 4.25. The highest BCUT2D eigenvalue weighted by Crippen LogP contribution is 2.20. The molecule has 1 aromatic heterocycles. The van der Waals surface area contributed by atoms with E-state index in [2.05, 4.69) is 20.8 Å². The molecule has 3 rings (SSSR count). The van der Waals surface area contributed by atoms with Gasteiger partial charge in [0.15, 0.2) is 0 Å². The summed E-state index contributed by atoms with van der Waals surface area (Å²) in [5, 5.41) is 7.54. The van der Waals surface area contributed by atoms with E-state index in [0.717, 1.165) is 29.3 Å². The second kappa shape index (κ2) is 6.34. The minimum absolute atomic E-state index is 0.125. The molecule has 7 heteroatoms. The van der Waals surface area contributed by atoms with E-state index in [9.17, 15) is 9.59 Å². The minimum Gasteiger partial charge on any atom is -0.345 e. The molecule has 0 saturated heterocycles. The Labute approximate surface area is 137 Å². The van der Waals surface area contributed by atoms with Crippen molar-refractivity contribution in [1.29, 1.82) is 0 Å². The molecule has 6 nitrogen and oxygen atoms in total. The van der Waals surface area contributed by atoms with Crippen molar-refractivity contribution in [2.75, 3.05) is 0 Å². The molecule has 1 fully saturated rings. The summed E-state index contributed by atoms with van der Waals surface area (Å²) >= 11 is 6.12. The molecule has 2 amide bonds. The van der Waals surface area contributed by atoms with Crippen LogP contribution in [0, 0.1) is 6.92 Å². The summed E-state index contributed by atoms with van der Waals surface area (Å²) in [6.45, 7) is 1.98. The predicted octanol–water partition coefficient (Wildman–Crippen LogP) is 1.93. The Balaban J connectivity index is 1.70. The van der Waals surface area contributed by atoms with Gasteiger partial charge in [-0.2, -0.15) is 5.10 Å². The Hall–Kier alpha value is -2.47. The highest BCUT2D eigenvalue weighted by atomic mass is 35.5. The van der Waals surface area contributed by atoms with Crippen molar-refractivity contribution >= 4 is 40.5 Å². The van der Waals surface area contributed by atoms with Gasteiger partial charge in [-0.15, -0.1) is 0 Å². The monoisotopic (exact) mass is 330 g/mol. The normalized spacial score (nSPS) is 14.2. The van der Waals surface area contributed by atoms with Gasteiger partial charge < -0.3 is 5.32 Å². The van der Waals surface area contributed by atoms with Gasteiger partial charge in [-0.25, -0.2) is 10.4 Å². The van der Waals surface area contributed by atoms with E-state index in [0.29, 0.717) is 5.56 Å².